The van der Waals surface area contributed by atoms with Gasteiger partial charge in [0.15, 0.2) is 0 Å². The van der Waals surface area contributed by atoms with Crippen LogP contribution in [0.5, 0.6) is 0 Å². The molecule has 2 atom stereocenters. The first kappa shape index (κ1) is 16.7. The van der Waals surface area contributed by atoms with Crippen LogP contribution in [-0.4, -0.2) is 21.4 Å². The normalized spacial score (nSPS) is 14.2. The molecule has 2 aromatic carbocycles. The van der Waals surface area contributed by atoms with Gasteiger partial charge in [-0.25, -0.2) is 0 Å². The van der Waals surface area contributed by atoms with Crippen LogP contribution in [0, 0.1) is 0 Å². The van der Waals surface area contributed by atoms with Crippen molar-refractivity contribution < 1.29 is 5.11 Å². The molecule has 0 aliphatic rings. The molecule has 2 N–H and O–H groups in total. The maximum Gasteiger partial charge on any atom is 0.0914 e. The zero-order valence-corrected chi connectivity index (χ0v) is 14.5. The predicted molar refractivity (Wildman–Crippen MR) is 97.9 cm³/mol. The summed E-state index contributed by atoms with van der Waals surface area (Å²) in [5.41, 5.74) is 2.07. The molecule has 0 bridgehead atoms. The third-order valence-corrected chi connectivity index (χ3v) is 4.43. The molecule has 1 heterocycles. The van der Waals surface area contributed by atoms with E-state index in [1.54, 1.807) is 0 Å². The molecule has 0 spiro atoms. The lowest BCUT2D eigenvalue weighted by Gasteiger charge is -2.17. The fourth-order valence-corrected chi connectivity index (χ4v) is 2.80. The average Bonchev–Trinajstić information content (AvgIpc) is 3.09. The highest BCUT2D eigenvalue weighted by Gasteiger charge is 2.13. The topological polar surface area (TPSA) is 50.1 Å². The minimum Gasteiger partial charge on any atom is -0.387 e. The summed E-state index contributed by atoms with van der Waals surface area (Å²) in [7, 11) is 0. The van der Waals surface area contributed by atoms with Gasteiger partial charge < -0.3 is 10.4 Å². The molecule has 0 amide bonds. The maximum absolute atomic E-state index is 10.5. The fourth-order valence-electron chi connectivity index (χ4n) is 2.80. The monoisotopic (exact) mass is 323 g/mol. The lowest BCUT2D eigenvalue weighted by atomic mass is 10.0. The number of hydrogen-bond donors (Lipinski definition) is 2. The summed E-state index contributed by atoms with van der Waals surface area (Å²) in [6.07, 6.45) is 3.42. The lowest BCUT2D eigenvalue weighted by molar-refractivity contribution is 0.171. The Morgan fingerprint density at radius 1 is 1.04 bits per heavy atom. The number of nitrogens with zero attached hydrogens (tertiary/aromatic N) is 2. The van der Waals surface area contributed by atoms with Crippen molar-refractivity contribution in [2.75, 3.05) is 6.54 Å². The molecule has 0 aliphatic heterocycles. The minimum atomic E-state index is -0.530. The molecule has 3 rings (SSSR count). The molecule has 1 aromatic heterocycles. The van der Waals surface area contributed by atoms with Crippen LogP contribution in [0.25, 0.3) is 10.8 Å². The molecular weight excluding hydrogens is 298 g/mol. The Hall–Kier alpha value is -2.17. The summed E-state index contributed by atoms with van der Waals surface area (Å²) in [5.74, 6) is 0. The van der Waals surface area contributed by atoms with Crippen molar-refractivity contribution >= 4 is 10.8 Å². The predicted octanol–water partition coefficient (Wildman–Crippen LogP) is 4.00. The van der Waals surface area contributed by atoms with Crippen molar-refractivity contribution in [2.45, 2.75) is 39.0 Å². The molecule has 24 heavy (non-hydrogen) atoms. The van der Waals surface area contributed by atoms with E-state index in [1.165, 1.54) is 5.39 Å². The van der Waals surface area contributed by atoms with Crippen LogP contribution in [0.2, 0.25) is 0 Å². The van der Waals surface area contributed by atoms with Crippen molar-refractivity contribution in [3.8, 4) is 0 Å². The Bertz CT molecular complexity index is 809. The average molecular weight is 323 g/mol. The Labute approximate surface area is 143 Å². The van der Waals surface area contributed by atoms with Gasteiger partial charge in [-0.3, -0.25) is 4.68 Å². The highest BCUT2D eigenvalue weighted by Crippen LogP contribution is 2.21. The van der Waals surface area contributed by atoms with E-state index in [0.717, 1.165) is 16.5 Å². The molecule has 0 saturated carbocycles. The second-order valence-corrected chi connectivity index (χ2v) is 6.60. The van der Waals surface area contributed by atoms with E-state index in [0.29, 0.717) is 12.6 Å². The molecule has 0 aliphatic carbocycles. The van der Waals surface area contributed by atoms with Gasteiger partial charge in [-0.2, -0.15) is 5.10 Å². The van der Waals surface area contributed by atoms with Crippen LogP contribution >= 0.6 is 0 Å². The van der Waals surface area contributed by atoms with Crippen LogP contribution in [0.15, 0.2) is 54.9 Å². The second kappa shape index (κ2) is 7.16. The third kappa shape index (κ3) is 3.66. The summed E-state index contributed by atoms with van der Waals surface area (Å²) in [6.45, 7) is 6.82. The first-order valence-electron chi connectivity index (χ1n) is 8.49. The molecule has 0 saturated heterocycles. The number of aliphatic hydroxyl groups is 1. The minimum absolute atomic E-state index is 0.146. The van der Waals surface area contributed by atoms with Gasteiger partial charge in [0.2, 0.25) is 0 Å². The van der Waals surface area contributed by atoms with E-state index in [4.69, 9.17) is 0 Å². The van der Waals surface area contributed by atoms with Crippen LogP contribution in [0.3, 0.4) is 0 Å². The summed E-state index contributed by atoms with van der Waals surface area (Å²) < 4.78 is 1.95. The SMILES string of the molecule is CC(NCC(O)c1ccc2ccccc2c1)c1cnn(C(C)C)c1. The fraction of sp³-hybridized carbons (Fsp3) is 0.350. The van der Waals surface area contributed by atoms with Gasteiger partial charge in [0.25, 0.3) is 0 Å². The summed E-state index contributed by atoms with van der Waals surface area (Å²) >= 11 is 0. The second-order valence-electron chi connectivity index (χ2n) is 6.60. The van der Waals surface area contributed by atoms with Gasteiger partial charge in [0.05, 0.1) is 12.3 Å². The number of aromatic nitrogens is 2. The van der Waals surface area contributed by atoms with Crippen molar-refractivity contribution in [3.63, 3.8) is 0 Å². The van der Waals surface area contributed by atoms with Crippen molar-refractivity contribution in [2.24, 2.45) is 0 Å². The van der Waals surface area contributed by atoms with E-state index in [-0.39, 0.29) is 6.04 Å². The largest absolute Gasteiger partial charge is 0.387 e. The number of fused-ring (bicyclic) bond motifs is 1. The van der Waals surface area contributed by atoms with Crippen LogP contribution in [0.4, 0.5) is 0 Å². The number of hydrogen-bond acceptors (Lipinski definition) is 3. The maximum atomic E-state index is 10.5. The molecule has 4 nitrogen and oxygen atoms in total. The lowest BCUT2D eigenvalue weighted by Crippen LogP contribution is -2.24. The molecule has 4 heteroatoms. The van der Waals surface area contributed by atoms with Gasteiger partial charge in [-0.1, -0.05) is 36.4 Å². The highest BCUT2D eigenvalue weighted by atomic mass is 16.3. The van der Waals surface area contributed by atoms with E-state index >= 15 is 0 Å². The van der Waals surface area contributed by atoms with E-state index in [1.807, 2.05) is 29.1 Å². The molecule has 2 unspecified atom stereocenters. The van der Waals surface area contributed by atoms with Crippen molar-refractivity contribution in [1.29, 1.82) is 0 Å². The number of aliphatic hydroxyl groups excluding tert-OH is 1. The first-order chi connectivity index (χ1) is 11.5. The van der Waals surface area contributed by atoms with E-state index in [2.05, 4.69) is 61.6 Å². The smallest absolute Gasteiger partial charge is 0.0914 e. The zero-order valence-electron chi connectivity index (χ0n) is 14.5. The number of benzene rings is 2. The van der Waals surface area contributed by atoms with Crippen LogP contribution in [-0.2, 0) is 0 Å². The summed E-state index contributed by atoms with van der Waals surface area (Å²) in [6, 6.07) is 14.8. The number of rotatable bonds is 6. The van der Waals surface area contributed by atoms with Gasteiger partial charge in [-0.15, -0.1) is 0 Å². The first-order valence-corrected chi connectivity index (χ1v) is 8.49. The van der Waals surface area contributed by atoms with Gasteiger partial charge in [0, 0.05) is 30.4 Å². The quantitative estimate of drug-likeness (QED) is 0.721. The highest BCUT2D eigenvalue weighted by molar-refractivity contribution is 5.83. The molecular formula is C20H25N3O. The Kier molecular flexibility index (Phi) is 4.97. The van der Waals surface area contributed by atoms with Crippen LogP contribution < -0.4 is 5.32 Å². The Morgan fingerprint density at radius 2 is 1.79 bits per heavy atom. The molecule has 3 aromatic rings. The molecule has 0 radical (unpaired) electrons. The zero-order chi connectivity index (χ0) is 17.1. The van der Waals surface area contributed by atoms with Crippen LogP contribution in [0.1, 0.15) is 50.1 Å². The number of nitrogens with one attached hydrogen (secondary N) is 1. The van der Waals surface area contributed by atoms with Gasteiger partial charge in [0.1, 0.15) is 0 Å². The van der Waals surface area contributed by atoms with Crippen molar-refractivity contribution in [1.82, 2.24) is 15.1 Å². The van der Waals surface area contributed by atoms with Crippen molar-refractivity contribution in [3.05, 3.63) is 66.0 Å². The summed E-state index contributed by atoms with van der Waals surface area (Å²) in [5, 5.41) is 20.6. The molecule has 126 valence electrons. The standard InChI is InChI=1S/C20H25N3O/c1-14(2)23-13-19(11-22-23)15(3)21-12-20(24)18-9-8-16-6-4-5-7-17(16)10-18/h4-11,13-15,20-21,24H,12H2,1-3H3. The third-order valence-electron chi connectivity index (χ3n) is 4.43. The summed E-state index contributed by atoms with van der Waals surface area (Å²) in [4.78, 5) is 0. The van der Waals surface area contributed by atoms with Gasteiger partial charge >= 0.3 is 0 Å². The Balaban J connectivity index is 1.63. The van der Waals surface area contributed by atoms with E-state index in [9.17, 15) is 5.11 Å². The van der Waals surface area contributed by atoms with Gasteiger partial charge in [-0.05, 0) is 43.2 Å². The molecule has 0 fully saturated rings. The van der Waals surface area contributed by atoms with E-state index < -0.39 is 6.10 Å². The Morgan fingerprint density at radius 3 is 2.50 bits per heavy atom.